The number of fused-ring (bicyclic) bond motifs is 1. The summed E-state index contributed by atoms with van der Waals surface area (Å²) >= 11 is -2.49. The van der Waals surface area contributed by atoms with Crippen LogP contribution in [-0.4, -0.2) is 18.4 Å². The van der Waals surface area contributed by atoms with E-state index >= 15 is 0 Å². The summed E-state index contributed by atoms with van der Waals surface area (Å²) in [6.45, 7) is 24.2. The molecule has 0 unspecified atom stereocenters. The summed E-state index contributed by atoms with van der Waals surface area (Å²) in [5, 5.41) is 0. The van der Waals surface area contributed by atoms with Gasteiger partial charge in [0.15, 0.2) is 0 Å². The average molecular weight is 517 g/mol. The Bertz CT molecular complexity index is 700. The van der Waals surface area contributed by atoms with E-state index < -0.39 is 18.4 Å². The molecular weight excluding hydrogens is 467 g/mol. The predicted molar refractivity (Wildman–Crippen MR) is 140 cm³/mol. The summed E-state index contributed by atoms with van der Waals surface area (Å²) in [5.74, 6) is 0. The molecule has 0 radical (unpaired) electrons. The van der Waals surface area contributed by atoms with Gasteiger partial charge in [0, 0.05) is 0 Å². The predicted octanol–water partition coefficient (Wildman–Crippen LogP) is 9.75. The van der Waals surface area contributed by atoms with Crippen LogP contribution in [0.2, 0.25) is 13.3 Å². The SMILES string of the molecule is C=[C](c1cc2c(cc1C)C(C)(C)CCC2(C)C)[Sn]([CH2]CCC)([CH2]CCC)[CH2]CCC. The zero-order valence-corrected chi connectivity index (χ0v) is 24.5. The Morgan fingerprint density at radius 1 is 0.800 bits per heavy atom. The van der Waals surface area contributed by atoms with Gasteiger partial charge in [-0.2, -0.15) is 0 Å². The first kappa shape index (κ1) is 26.0. The Labute approximate surface area is 193 Å². The number of hydrogen-bond donors (Lipinski definition) is 0. The summed E-state index contributed by atoms with van der Waals surface area (Å²) in [6.07, 6.45) is 10.8. The Kier molecular flexibility index (Phi) is 9.18. The van der Waals surface area contributed by atoms with Crippen molar-refractivity contribution in [2.75, 3.05) is 0 Å². The molecule has 1 aliphatic carbocycles. The molecule has 1 aromatic carbocycles. The molecule has 0 saturated heterocycles. The fraction of sp³-hybridized carbons (Fsp3) is 0.724. The molecule has 1 aromatic rings. The van der Waals surface area contributed by atoms with Crippen molar-refractivity contribution in [3.8, 4) is 0 Å². The van der Waals surface area contributed by atoms with Gasteiger partial charge in [-0.1, -0.05) is 0 Å². The summed E-state index contributed by atoms with van der Waals surface area (Å²) in [5.41, 5.74) is 6.84. The number of unbranched alkanes of at least 4 members (excludes halogenated alkanes) is 3. The minimum atomic E-state index is -2.49. The normalized spacial score (nSPS) is 17.6. The number of benzene rings is 1. The molecule has 0 heterocycles. The third kappa shape index (κ3) is 5.57. The fourth-order valence-electron chi connectivity index (χ4n) is 5.71. The first-order valence-corrected chi connectivity index (χ1v) is 20.4. The van der Waals surface area contributed by atoms with Crippen molar-refractivity contribution in [3.63, 3.8) is 0 Å². The van der Waals surface area contributed by atoms with E-state index in [1.165, 1.54) is 70.2 Å². The molecule has 0 aromatic heterocycles. The van der Waals surface area contributed by atoms with Crippen LogP contribution in [0, 0.1) is 6.92 Å². The van der Waals surface area contributed by atoms with Crippen LogP contribution >= 0.6 is 0 Å². The van der Waals surface area contributed by atoms with Crippen LogP contribution in [0.4, 0.5) is 0 Å². The first-order valence-electron chi connectivity index (χ1n) is 12.9. The summed E-state index contributed by atoms with van der Waals surface area (Å²) in [6, 6.07) is 5.19. The van der Waals surface area contributed by atoms with Crippen molar-refractivity contribution in [1.82, 2.24) is 0 Å². The van der Waals surface area contributed by atoms with E-state index in [1.54, 1.807) is 20.3 Å². The van der Waals surface area contributed by atoms with Crippen molar-refractivity contribution in [2.24, 2.45) is 0 Å². The Morgan fingerprint density at radius 2 is 1.20 bits per heavy atom. The average Bonchev–Trinajstić information content (AvgIpc) is 2.70. The van der Waals surface area contributed by atoms with E-state index in [4.69, 9.17) is 6.58 Å². The van der Waals surface area contributed by atoms with E-state index in [9.17, 15) is 0 Å². The van der Waals surface area contributed by atoms with E-state index in [1.807, 2.05) is 0 Å². The monoisotopic (exact) mass is 518 g/mol. The second-order valence-electron chi connectivity index (χ2n) is 11.6. The molecule has 0 N–H and O–H groups in total. The third-order valence-corrected chi connectivity index (χ3v) is 23.8. The maximum atomic E-state index is 4.94. The van der Waals surface area contributed by atoms with Crippen LogP contribution in [0.15, 0.2) is 18.7 Å². The summed E-state index contributed by atoms with van der Waals surface area (Å²) in [7, 11) is 0. The molecule has 0 fully saturated rings. The molecule has 2 rings (SSSR count). The Balaban J connectivity index is 2.59. The summed E-state index contributed by atoms with van der Waals surface area (Å²) < 4.78 is 6.18. The topological polar surface area (TPSA) is 0 Å². The molecule has 0 bridgehead atoms. The molecular formula is C29H50Sn. The van der Waals surface area contributed by atoms with E-state index in [2.05, 4.69) is 67.5 Å². The second kappa shape index (κ2) is 10.6. The van der Waals surface area contributed by atoms with Crippen LogP contribution in [0.25, 0.3) is 3.59 Å². The van der Waals surface area contributed by atoms with E-state index in [-0.39, 0.29) is 5.41 Å². The van der Waals surface area contributed by atoms with Gasteiger partial charge < -0.3 is 0 Å². The van der Waals surface area contributed by atoms with E-state index in [0.717, 1.165) is 0 Å². The van der Waals surface area contributed by atoms with Gasteiger partial charge in [0.05, 0.1) is 0 Å². The Morgan fingerprint density at radius 3 is 1.60 bits per heavy atom. The van der Waals surface area contributed by atoms with Crippen molar-refractivity contribution >= 4 is 22.0 Å². The van der Waals surface area contributed by atoms with Crippen molar-refractivity contribution in [1.29, 1.82) is 0 Å². The van der Waals surface area contributed by atoms with Gasteiger partial charge in [0.2, 0.25) is 0 Å². The van der Waals surface area contributed by atoms with Gasteiger partial charge in [-0.15, -0.1) is 0 Å². The minimum absolute atomic E-state index is 0.280. The number of hydrogen-bond acceptors (Lipinski definition) is 0. The molecule has 1 heteroatoms. The van der Waals surface area contributed by atoms with Crippen molar-refractivity contribution in [3.05, 3.63) is 41.0 Å². The van der Waals surface area contributed by atoms with Crippen LogP contribution < -0.4 is 0 Å². The molecule has 0 aliphatic heterocycles. The van der Waals surface area contributed by atoms with Crippen LogP contribution in [0.3, 0.4) is 0 Å². The number of rotatable bonds is 11. The zero-order chi connectivity index (χ0) is 22.6. The first-order chi connectivity index (χ1) is 14.0. The quantitative estimate of drug-likeness (QED) is 0.256. The summed E-state index contributed by atoms with van der Waals surface area (Å²) in [4.78, 5) is 0. The van der Waals surface area contributed by atoms with Gasteiger partial charge in [-0.05, 0) is 0 Å². The Hall–Kier alpha value is -0.241. The molecule has 0 amide bonds. The van der Waals surface area contributed by atoms with Gasteiger partial charge in [0.25, 0.3) is 0 Å². The van der Waals surface area contributed by atoms with Crippen LogP contribution in [0.1, 0.15) is 122 Å². The zero-order valence-electron chi connectivity index (χ0n) is 21.6. The van der Waals surface area contributed by atoms with Gasteiger partial charge in [0.1, 0.15) is 0 Å². The van der Waals surface area contributed by atoms with Crippen LogP contribution in [0.5, 0.6) is 0 Å². The second-order valence-corrected chi connectivity index (χ2v) is 24.9. The third-order valence-electron chi connectivity index (χ3n) is 8.19. The molecule has 30 heavy (non-hydrogen) atoms. The van der Waals surface area contributed by atoms with Crippen molar-refractivity contribution < 1.29 is 0 Å². The van der Waals surface area contributed by atoms with Gasteiger partial charge in [-0.3, -0.25) is 0 Å². The number of aryl methyl sites for hydroxylation is 1. The molecule has 0 saturated carbocycles. The molecule has 170 valence electrons. The fourth-order valence-corrected chi connectivity index (χ4v) is 21.7. The molecule has 1 aliphatic rings. The molecule has 0 nitrogen and oxygen atoms in total. The van der Waals surface area contributed by atoms with Gasteiger partial charge in [-0.25, -0.2) is 0 Å². The van der Waals surface area contributed by atoms with E-state index in [0.29, 0.717) is 5.41 Å². The van der Waals surface area contributed by atoms with Crippen molar-refractivity contribution in [2.45, 2.75) is 131 Å². The molecule has 0 spiro atoms. The molecule has 0 atom stereocenters. The van der Waals surface area contributed by atoms with Crippen LogP contribution in [-0.2, 0) is 10.8 Å². The standard InChI is InChI=1S/C17H23.3C4H9.Sn/c1-7-13-11-15-14(10-12(13)2)16(3,4)8-9-17(15,5)6;3*1-3-4-2;/h10-11H,1,8-9H2,2-6H3;3*1,3-4H2,2H3;. The van der Waals surface area contributed by atoms with Gasteiger partial charge >= 0.3 is 194 Å². The maximum absolute atomic E-state index is 4.94.